The van der Waals surface area contributed by atoms with Crippen LogP contribution in [-0.4, -0.2) is 37.4 Å². The number of carboxylic acids is 1. The zero-order valence-corrected chi connectivity index (χ0v) is 12.6. The number of carbonyl (C=O) groups excluding carboxylic acids is 1. The Balaban J connectivity index is 2.32. The first-order chi connectivity index (χ1) is 9.84. The summed E-state index contributed by atoms with van der Waals surface area (Å²) in [5, 5.41) is 14.1. The largest absolute Gasteiger partial charge is 0.475 e. The number of rotatable bonds is 8. The van der Waals surface area contributed by atoms with Gasteiger partial charge in [0.25, 0.3) is 0 Å². The number of hydrogen-bond acceptors (Lipinski definition) is 4. The maximum Gasteiger partial charge on any atom is 0.371 e. The molecule has 0 saturated heterocycles. The van der Waals surface area contributed by atoms with E-state index in [-0.39, 0.29) is 23.8 Å². The number of hydrogen-bond donors (Lipinski definition) is 3. The van der Waals surface area contributed by atoms with E-state index in [9.17, 15) is 9.59 Å². The number of aromatic carboxylic acids is 1. The molecule has 1 heterocycles. The Morgan fingerprint density at radius 3 is 2.62 bits per heavy atom. The van der Waals surface area contributed by atoms with Gasteiger partial charge in [0.15, 0.2) is 0 Å². The van der Waals surface area contributed by atoms with E-state index in [1.807, 2.05) is 13.8 Å². The molecule has 7 heteroatoms. The van der Waals surface area contributed by atoms with Crippen LogP contribution >= 0.6 is 0 Å². The van der Waals surface area contributed by atoms with Gasteiger partial charge in [0.05, 0.1) is 6.54 Å². The molecule has 0 aliphatic heterocycles. The third-order valence-corrected chi connectivity index (χ3v) is 3.01. The summed E-state index contributed by atoms with van der Waals surface area (Å²) in [6.07, 6.45) is 0.837. The molecule has 3 N–H and O–H groups in total. The maximum absolute atomic E-state index is 11.7. The maximum atomic E-state index is 11.7. The number of carboxylic acid groups (broad SMARTS) is 1. The van der Waals surface area contributed by atoms with E-state index in [0.29, 0.717) is 18.9 Å². The van der Waals surface area contributed by atoms with E-state index in [4.69, 9.17) is 14.3 Å². The Morgan fingerprint density at radius 1 is 1.33 bits per heavy atom. The first-order valence-corrected chi connectivity index (χ1v) is 6.67. The number of furan rings is 1. The van der Waals surface area contributed by atoms with Crippen LogP contribution in [0.1, 0.15) is 36.6 Å². The van der Waals surface area contributed by atoms with Gasteiger partial charge in [-0.2, -0.15) is 0 Å². The second-order valence-electron chi connectivity index (χ2n) is 5.51. The molecule has 0 spiro atoms. The highest BCUT2D eigenvalue weighted by Crippen LogP contribution is 2.18. The average Bonchev–Trinajstić information content (AvgIpc) is 2.90. The van der Waals surface area contributed by atoms with Crippen molar-refractivity contribution in [2.24, 2.45) is 5.41 Å². The summed E-state index contributed by atoms with van der Waals surface area (Å²) in [5.41, 5.74) is -0.0610. The van der Waals surface area contributed by atoms with Crippen molar-refractivity contribution in [3.63, 3.8) is 0 Å². The highest BCUT2D eigenvalue weighted by Gasteiger charge is 2.18. The zero-order valence-electron chi connectivity index (χ0n) is 12.6. The molecule has 1 aromatic rings. The first-order valence-electron chi connectivity index (χ1n) is 6.67. The number of urea groups is 1. The molecule has 0 bridgehead atoms. The summed E-state index contributed by atoms with van der Waals surface area (Å²) < 4.78 is 10.1. The smallest absolute Gasteiger partial charge is 0.371 e. The predicted molar refractivity (Wildman–Crippen MR) is 76.2 cm³/mol. The summed E-state index contributed by atoms with van der Waals surface area (Å²) in [4.78, 5) is 22.3. The van der Waals surface area contributed by atoms with Crippen molar-refractivity contribution in [2.75, 3.05) is 20.3 Å². The SMILES string of the molecule is COCCC(C)(C)CNC(=O)NCc1ccc(C(=O)O)o1. The van der Waals surface area contributed by atoms with Gasteiger partial charge in [0.2, 0.25) is 5.76 Å². The zero-order chi connectivity index (χ0) is 15.9. The van der Waals surface area contributed by atoms with Crippen LogP contribution in [0.4, 0.5) is 4.79 Å². The Labute approximate surface area is 123 Å². The summed E-state index contributed by atoms with van der Waals surface area (Å²) in [6.45, 7) is 5.37. The Hall–Kier alpha value is -2.02. The van der Waals surface area contributed by atoms with E-state index in [0.717, 1.165) is 6.42 Å². The average molecular weight is 298 g/mol. The van der Waals surface area contributed by atoms with Crippen LogP contribution in [0.15, 0.2) is 16.5 Å². The van der Waals surface area contributed by atoms with Crippen molar-refractivity contribution < 1.29 is 23.8 Å². The topological polar surface area (TPSA) is 101 Å². The fraction of sp³-hybridized carbons (Fsp3) is 0.571. The Bertz CT molecular complexity index is 481. The summed E-state index contributed by atoms with van der Waals surface area (Å²) >= 11 is 0. The summed E-state index contributed by atoms with van der Waals surface area (Å²) in [5.74, 6) is -0.889. The number of methoxy groups -OCH3 is 1. The lowest BCUT2D eigenvalue weighted by molar-refractivity contribution is 0.0660. The molecule has 118 valence electrons. The number of amides is 2. The van der Waals surface area contributed by atoms with Crippen molar-refractivity contribution in [2.45, 2.75) is 26.8 Å². The molecule has 0 unspecified atom stereocenters. The molecule has 2 amide bonds. The number of nitrogens with one attached hydrogen (secondary N) is 2. The third-order valence-electron chi connectivity index (χ3n) is 3.01. The molecular formula is C14H22N2O5. The van der Waals surface area contributed by atoms with Crippen molar-refractivity contribution >= 4 is 12.0 Å². The molecule has 1 rings (SSSR count). The molecule has 0 atom stereocenters. The highest BCUT2D eigenvalue weighted by molar-refractivity contribution is 5.84. The molecule has 0 radical (unpaired) electrons. The minimum Gasteiger partial charge on any atom is -0.475 e. The second-order valence-corrected chi connectivity index (χ2v) is 5.51. The van der Waals surface area contributed by atoms with Crippen molar-refractivity contribution in [1.29, 1.82) is 0 Å². The molecule has 0 fully saturated rings. The standard InChI is InChI=1S/C14H22N2O5/c1-14(2,6-7-20-3)9-16-13(19)15-8-10-4-5-11(21-10)12(17)18/h4-5H,6-9H2,1-3H3,(H,17,18)(H2,15,16,19). The van der Waals surface area contributed by atoms with Gasteiger partial charge in [-0.25, -0.2) is 9.59 Å². The van der Waals surface area contributed by atoms with Gasteiger partial charge in [-0.3, -0.25) is 0 Å². The fourth-order valence-electron chi connectivity index (χ4n) is 1.60. The Morgan fingerprint density at radius 2 is 2.05 bits per heavy atom. The molecule has 1 aromatic heterocycles. The highest BCUT2D eigenvalue weighted by atomic mass is 16.5. The van der Waals surface area contributed by atoms with Gasteiger partial charge >= 0.3 is 12.0 Å². The summed E-state index contributed by atoms with van der Waals surface area (Å²) in [7, 11) is 1.64. The van der Waals surface area contributed by atoms with Crippen LogP contribution in [-0.2, 0) is 11.3 Å². The van der Waals surface area contributed by atoms with Crippen molar-refractivity contribution in [3.8, 4) is 0 Å². The van der Waals surface area contributed by atoms with E-state index in [1.54, 1.807) is 7.11 Å². The third kappa shape index (κ3) is 6.31. The number of carbonyl (C=O) groups is 2. The molecule has 0 aliphatic rings. The quantitative estimate of drug-likeness (QED) is 0.680. The van der Waals surface area contributed by atoms with E-state index >= 15 is 0 Å². The minimum atomic E-state index is -1.13. The lowest BCUT2D eigenvalue weighted by atomic mass is 9.90. The van der Waals surface area contributed by atoms with Crippen LogP contribution < -0.4 is 10.6 Å². The first kappa shape index (κ1) is 17.0. The van der Waals surface area contributed by atoms with Gasteiger partial charge in [-0.15, -0.1) is 0 Å². The van der Waals surface area contributed by atoms with Gasteiger partial charge in [0, 0.05) is 20.3 Å². The van der Waals surface area contributed by atoms with E-state index in [1.165, 1.54) is 12.1 Å². The molecule has 0 saturated carbocycles. The van der Waals surface area contributed by atoms with Gasteiger partial charge in [-0.05, 0) is 24.0 Å². The monoisotopic (exact) mass is 298 g/mol. The van der Waals surface area contributed by atoms with Crippen LogP contribution in [0.2, 0.25) is 0 Å². The molecule has 21 heavy (non-hydrogen) atoms. The van der Waals surface area contributed by atoms with Gasteiger partial charge in [0.1, 0.15) is 5.76 Å². The number of ether oxygens (including phenoxy) is 1. The van der Waals surface area contributed by atoms with Crippen LogP contribution in [0.25, 0.3) is 0 Å². The summed E-state index contributed by atoms with van der Waals surface area (Å²) in [6, 6.07) is 2.55. The van der Waals surface area contributed by atoms with Crippen molar-refractivity contribution in [3.05, 3.63) is 23.7 Å². The lowest BCUT2D eigenvalue weighted by Crippen LogP contribution is -2.40. The van der Waals surface area contributed by atoms with E-state index in [2.05, 4.69) is 10.6 Å². The molecule has 0 aliphatic carbocycles. The van der Waals surface area contributed by atoms with Crippen LogP contribution in [0, 0.1) is 5.41 Å². The molecule has 7 nitrogen and oxygen atoms in total. The van der Waals surface area contributed by atoms with Crippen LogP contribution in [0.5, 0.6) is 0 Å². The predicted octanol–water partition coefficient (Wildman–Crippen LogP) is 1.84. The van der Waals surface area contributed by atoms with Crippen LogP contribution in [0.3, 0.4) is 0 Å². The van der Waals surface area contributed by atoms with Gasteiger partial charge in [-0.1, -0.05) is 13.8 Å². The van der Waals surface area contributed by atoms with Crippen molar-refractivity contribution in [1.82, 2.24) is 10.6 Å². The molecular weight excluding hydrogens is 276 g/mol. The Kier molecular flexibility index (Phi) is 6.23. The second kappa shape index (κ2) is 7.68. The minimum absolute atomic E-state index is 0.0610. The lowest BCUT2D eigenvalue weighted by Gasteiger charge is -2.24. The fourth-order valence-corrected chi connectivity index (χ4v) is 1.60. The van der Waals surface area contributed by atoms with E-state index < -0.39 is 5.97 Å². The molecule has 0 aromatic carbocycles. The van der Waals surface area contributed by atoms with Gasteiger partial charge < -0.3 is 24.9 Å². The normalized spacial score (nSPS) is 11.2.